The van der Waals surface area contributed by atoms with Crippen LogP contribution in [0.25, 0.3) is 6.08 Å². The van der Waals surface area contributed by atoms with Crippen LogP contribution in [0, 0.1) is 0 Å². The number of carbonyl (C=O) groups excluding carboxylic acids is 3. The molecule has 0 aliphatic carbocycles. The second kappa shape index (κ2) is 11.2. The summed E-state index contributed by atoms with van der Waals surface area (Å²) < 4.78 is 15.9. The molecule has 0 atom stereocenters. The number of benzene rings is 2. The number of hydrogen-bond donors (Lipinski definition) is 1. The molecule has 0 bridgehead atoms. The number of carbonyl (C=O) groups is 3. The fourth-order valence-electron chi connectivity index (χ4n) is 2.76. The normalized spacial score (nSPS) is 12.4. The summed E-state index contributed by atoms with van der Waals surface area (Å²) in [6.07, 6.45) is 1.75. The predicted octanol–water partition coefficient (Wildman–Crippen LogP) is 3.33. The molecule has 1 N–H and O–H groups in total. The third-order valence-corrected chi connectivity index (χ3v) is 5.18. The molecule has 2 aromatic carbocycles. The third kappa shape index (κ3) is 7.18. The van der Waals surface area contributed by atoms with Crippen molar-refractivity contribution in [3.05, 3.63) is 65.2 Å². The van der Waals surface area contributed by atoms with Gasteiger partial charge >= 0.3 is 5.97 Å². The lowest BCUT2D eigenvalue weighted by Crippen LogP contribution is -2.28. The van der Waals surface area contributed by atoms with Crippen molar-refractivity contribution in [1.82, 2.24) is 5.32 Å². The average molecular weight is 442 g/mol. The molecular weight excluding hydrogens is 418 g/mol. The first kappa shape index (κ1) is 22.4. The van der Waals surface area contributed by atoms with Crippen LogP contribution < -0.4 is 14.8 Å². The van der Waals surface area contributed by atoms with Gasteiger partial charge in [0, 0.05) is 24.8 Å². The molecule has 0 saturated heterocycles. The lowest BCUT2D eigenvalue weighted by atomic mass is 10.1. The number of nitrogens with one attached hydrogen (secondary N) is 1. The van der Waals surface area contributed by atoms with Gasteiger partial charge in [0.25, 0.3) is 0 Å². The third-order valence-electron chi connectivity index (χ3n) is 4.32. The van der Waals surface area contributed by atoms with Gasteiger partial charge in [0.05, 0.1) is 6.42 Å². The molecule has 7 nitrogen and oxygen atoms in total. The highest BCUT2D eigenvalue weighted by molar-refractivity contribution is 8.13. The molecule has 1 heterocycles. The smallest absolute Gasteiger partial charge is 0.307 e. The number of ether oxygens (including phenoxy) is 3. The highest BCUT2D eigenvalue weighted by Gasteiger charge is 2.15. The van der Waals surface area contributed by atoms with Crippen LogP contribution in [0.4, 0.5) is 0 Å². The highest BCUT2D eigenvalue weighted by Crippen LogP contribution is 2.33. The van der Waals surface area contributed by atoms with Crippen LogP contribution in [0.1, 0.15) is 24.5 Å². The van der Waals surface area contributed by atoms with Gasteiger partial charge in [0.1, 0.15) is 6.61 Å². The Morgan fingerprint density at radius 2 is 1.87 bits per heavy atom. The van der Waals surface area contributed by atoms with Gasteiger partial charge in [0.15, 0.2) is 16.6 Å². The van der Waals surface area contributed by atoms with Gasteiger partial charge < -0.3 is 19.5 Å². The first-order valence-corrected chi connectivity index (χ1v) is 10.7. The van der Waals surface area contributed by atoms with E-state index in [0.717, 1.165) is 22.9 Å². The summed E-state index contributed by atoms with van der Waals surface area (Å²) in [5.41, 5.74) is 2.06. The van der Waals surface area contributed by atoms with Crippen LogP contribution in [0.5, 0.6) is 11.5 Å². The van der Waals surface area contributed by atoms with Gasteiger partial charge in [-0.2, -0.15) is 0 Å². The topological polar surface area (TPSA) is 90.9 Å². The predicted molar refractivity (Wildman–Crippen MR) is 118 cm³/mol. The van der Waals surface area contributed by atoms with Crippen molar-refractivity contribution in [1.29, 1.82) is 0 Å². The maximum absolute atomic E-state index is 12.6. The summed E-state index contributed by atoms with van der Waals surface area (Å²) >= 11 is 1.04. The second-order valence-corrected chi connectivity index (χ2v) is 7.87. The molecule has 1 aliphatic rings. The standard InChI is InChI=1S/C23H23NO6S/c1-16(25)31-14-19(11-18-7-8-20-21(12-18)30-15-29-20)23(27)24-10-9-22(26)28-13-17-5-3-2-4-6-17/h2-8,11-12H,9-10,13-15H2,1H3,(H,24,27). The Bertz CT molecular complexity index is 973. The monoisotopic (exact) mass is 441 g/mol. The first-order chi connectivity index (χ1) is 15.0. The van der Waals surface area contributed by atoms with Crippen molar-refractivity contribution in [2.45, 2.75) is 20.0 Å². The molecular formula is C23H23NO6S. The quantitative estimate of drug-likeness (QED) is 0.471. The van der Waals surface area contributed by atoms with Crippen LogP contribution >= 0.6 is 11.8 Å². The zero-order valence-electron chi connectivity index (χ0n) is 17.1. The summed E-state index contributed by atoms with van der Waals surface area (Å²) in [4.78, 5) is 35.9. The van der Waals surface area contributed by atoms with Crippen molar-refractivity contribution in [3.63, 3.8) is 0 Å². The molecule has 0 unspecified atom stereocenters. The van der Waals surface area contributed by atoms with Crippen molar-refractivity contribution in [3.8, 4) is 11.5 Å². The molecule has 8 heteroatoms. The van der Waals surface area contributed by atoms with E-state index in [1.165, 1.54) is 6.92 Å². The van der Waals surface area contributed by atoms with Crippen LogP contribution in [0.3, 0.4) is 0 Å². The van der Waals surface area contributed by atoms with Crippen LogP contribution in [-0.4, -0.2) is 36.1 Å². The summed E-state index contributed by atoms with van der Waals surface area (Å²) in [7, 11) is 0. The van der Waals surface area contributed by atoms with Crippen molar-refractivity contribution in [2.24, 2.45) is 0 Å². The molecule has 0 fully saturated rings. The van der Waals surface area contributed by atoms with Crippen LogP contribution in [0.2, 0.25) is 0 Å². The van der Waals surface area contributed by atoms with Gasteiger partial charge in [0.2, 0.25) is 12.7 Å². The minimum Gasteiger partial charge on any atom is -0.461 e. The molecule has 1 amide bonds. The molecule has 1 aliphatic heterocycles. The van der Waals surface area contributed by atoms with Gasteiger partial charge in [-0.1, -0.05) is 48.2 Å². The zero-order valence-corrected chi connectivity index (χ0v) is 17.9. The fraction of sp³-hybridized carbons (Fsp3) is 0.261. The number of thioether (sulfide) groups is 1. The molecule has 0 spiro atoms. The number of rotatable bonds is 9. The second-order valence-electron chi connectivity index (χ2n) is 6.71. The fourth-order valence-corrected chi connectivity index (χ4v) is 3.33. The molecule has 162 valence electrons. The summed E-state index contributed by atoms with van der Waals surface area (Å²) in [6.45, 7) is 1.94. The number of fused-ring (bicyclic) bond motifs is 1. The Kier molecular flexibility index (Phi) is 8.12. The molecule has 31 heavy (non-hydrogen) atoms. The SMILES string of the molecule is CC(=O)SCC(=Cc1ccc2c(c1)OCO2)C(=O)NCCC(=O)OCc1ccccc1. The van der Waals surface area contributed by atoms with Gasteiger partial charge in [-0.25, -0.2) is 0 Å². The Morgan fingerprint density at radius 3 is 2.65 bits per heavy atom. The zero-order chi connectivity index (χ0) is 22.1. The van der Waals surface area contributed by atoms with E-state index in [0.29, 0.717) is 17.1 Å². The molecule has 0 saturated carbocycles. The number of esters is 1. The van der Waals surface area contributed by atoms with E-state index < -0.39 is 5.97 Å². The van der Waals surface area contributed by atoms with Gasteiger partial charge in [-0.05, 0) is 29.3 Å². The Hall–Kier alpha value is -3.26. The van der Waals surface area contributed by atoms with E-state index in [4.69, 9.17) is 14.2 Å². The molecule has 2 aromatic rings. The largest absolute Gasteiger partial charge is 0.461 e. The van der Waals surface area contributed by atoms with E-state index in [-0.39, 0.29) is 43.1 Å². The van der Waals surface area contributed by atoms with Crippen LogP contribution in [-0.2, 0) is 25.7 Å². The number of hydrogen-bond acceptors (Lipinski definition) is 7. The Morgan fingerprint density at radius 1 is 1.10 bits per heavy atom. The first-order valence-electron chi connectivity index (χ1n) is 9.72. The van der Waals surface area contributed by atoms with Gasteiger partial charge in [-0.3, -0.25) is 14.4 Å². The Balaban J connectivity index is 1.54. The van der Waals surface area contributed by atoms with E-state index in [1.54, 1.807) is 24.3 Å². The minimum atomic E-state index is -0.399. The average Bonchev–Trinajstić information content (AvgIpc) is 3.23. The maximum Gasteiger partial charge on any atom is 0.307 e. The maximum atomic E-state index is 12.6. The highest BCUT2D eigenvalue weighted by atomic mass is 32.2. The lowest BCUT2D eigenvalue weighted by molar-refractivity contribution is -0.144. The summed E-state index contributed by atoms with van der Waals surface area (Å²) in [6, 6.07) is 14.7. The summed E-state index contributed by atoms with van der Waals surface area (Å²) in [5, 5.41) is 2.63. The van der Waals surface area contributed by atoms with Crippen LogP contribution in [0.15, 0.2) is 54.1 Å². The van der Waals surface area contributed by atoms with Crippen molar-refractivity contribution in [2.75, 3.05) is 19.1 Å². The number of amides is 1. The minimum absolute atomic E-state index is 0.0513. The molecule has 3 rings (SSSR count). The Labute approximate surface area is 184 Å². The van der Waals surface area contributed by atoms with Gasteiger partial charge in [-0.15, -0.1) is 0 Å². The van der Waals surface area contributed by atoms with Crippen molar-refractivity contribution >= 4 is 34.8 Å². The molecule has 0 aromatic heterocycles. The van der Waals surface area contributed by atoms with Crippen molar-refractivity contribution < 1.29 is 28.6 Å². The lowest BCUT2D eigenvalue weighted by Gasteiger charge is -2.09. The van der Waals surface area contributed by atoms with E-state index >= 15 is 0 Å². The van der Waals surface area contributed by atoms with E-state index in [2.05, 4.69) is 5.32 Å². The van der Waals surface area contributed by atoms with E-state index in [1.807, 2.05) is 30.3 Å². The summed E-state index contributed by atoms with van der Waals surface area (Å²) in [5.74, 6) is 0.726. The van der Waals surface area contributed by atoms with E-state index in [9.17, 15) is 14.4 Å². The molecule has 0 radical (unpaired) electrons.